The van der Waals surface area contributed by atoms with Gasteiger partial charge in [-0.2, -0.15) is 0 Å². The van der Waals surface area contributed by atoms with Crippen LogP contribution in [0.3, 0.4) is 0 Å². The van der Waals surface area contributed by atoms with E-state index in [-0.39, 0.29) is 11.3 Å². The number of rotatable bonds is 3. The van der Waals surface area contributed by atoms with Gasteiger partial charge in [0.15, 0.2) is 0 Å². The maximum Gasteiger partial charge on any atom is 0.253 e. The first-order chi connectivity index (χ1) is 15.1. The highest BCUT2D eigenvalue weighted by atomic mass is 16.5. The van der Waals surface area contributed by atoms with Crippen LogP contribution in [0.15, 0.2) is 48.5 Å². The van der Waals surface area contributed by atoms with Crippen LogP contribution in [-0.4, -0.2) is 43.6 Å². The number of piperidine rings is 1. The zero-order valence-corrected chi connectivity index (χ0v) is 18.6. The van der Waals surface area contributed by atoms with Crippen molar-refractivity contribution in [2.45, 2.75) is 56.0 Å². The minimum atomic E-state index is 0.152. The predicted molar refractivity (Wildman–Crippen MR) is 121 cm³/mol. The second kappa shape index (κ2) is 6.83. The summed E-state index contributed by atoms with van der Waals surface area (Å²) in [7, 11) is 3.81. The van der Waals surface area contributed by atoms with Crippen molar-refractivity contribution in [3.05, 3.63) is 65.2 Å². The van der Waals surface area contributed by atoms with E-state index in [1.807, 2.05) is 37.4 Å². The molecule has 3 aliphatic carbocycles. The third kappa shape index (κ3) is 2.43. The average Bonchev–Trinajstić information content (AvgIpc) is 3.05. The van der Waals surface area contributed by atoms with Crippen LogP contribution in [0.2, 0.25) is 0 Å². The SMILES string of the molecule is COc1ccc2c(c1)C13CCNC(C2)C12CCC(N(C)C(=O)c1ccccc1)C3CC2. The van der Waals surface area contributed by atoms with Gasteiger partial charge in [-0.25, -0.2) is 0 Å². The van der Waals surface area contributed by atoms with Crippen LogP contribution in [0.25, 0.3) is 0 Å². The van der Waals surface area contributed by atoms with Gasteiger partial charge in [-0.15, -0.1) is 0 Å². The van der Waals surface area contributed by atoms with Gasteiger partial charge in [-0.1, -0.05) is 24.3 Å². The van der Waals surface area contributed by atoms with Crippen LogP contribution < -0.4 is 10.1 Å². The Morgan fingerprint density at radius 3 is 2.71 bits per heavy atom. The molecular formula is C27H32N2O2. The molecule has 1 heterocycles. The molecule has 4 heteroatoms. The molecule has 0 aromatic heterocycles. The Bertz CT molecular complexity index is 1020. The van der Waals surface area contributed by atoms with E-state index in [1.165, 1.54) is 30.4 Å². The lowest BCUT2D eigenvalue weighted by atomic mass is 9.44. The fourth-order valence-electron chi connectivity index (χ4n) is 8.22. The van der Waals surface area contributed by atoms with Gasteiger partial charge in [0.1, 0.15) is 5.75 Å². The first-order valence-corrected chi connectivity index (χ1v) is 11.8. The lowest BCUT2D eigenvalue weighted by Crippen LogP contribution is -2.69. The Kier molecular flexibility index (Phi) is 4.27. The van der Waals surface area contributed by atoms with E-state index in [9.17, 15) is 4.79 Å². The van der Waals surface area contributed by atoms with Gasteiger partial charge >= 0.3 is 0 Å². The van der Waals surface area contributed by atoms with E-state index in [4.69, 9.17) is 4.74 Å². The van der Waals surface area contributed by atoms with Crippen molar-refractivity contribution in [2.24, 2.45) is 11.3 Å². The number of hydrogen-bond donors (Lipinski definition) is 1. The molecule has 4 aliphatic rings. The number of carbonyl (C=O) groups is 1. The molecule has 0 radical (unpaired) electrons. The maximum atomic E-state index is 13.4. The summed E-state index contributed by atoms with van der Waals surface area (Å²) in [6, 6.07) is 17.4. The molecular weight excluding hydrogens is 384 g/mol. The van der Waals surface area contributed by atoms with Crippen molar-refractivity contribution in [1.29, 1.82) is 0 Å². The largest absolute Gasteiger partial charge is 0.497 e. The van der Waals surface area contributed by atoms with Gasteiger partial charge in [0.25, 0.3) is 5.91 Å². The third-order valence-corrected chi connectivity index (χ3v) is 9.41. The van der Waals surface area contributed by atoms with Crippen LogP contribution in [0.4, 0.5) is 0 Å². The van der Waals surface area contributed by atoms with E-state index in [0.717, 1.165) is 37.1 Å². The van der Waals surface area contributed by atoms with E-state index < -0.39 is 0 Å². The standard InChI is InChI=1S/C27H32N2O2/c1-29(25(30)18-6-4-3-5-7-18)23-11-13-26-12-10-21(23)27(26)14-15-28-24(26)16-19-8-9-20(31-2)17-22(19)27/h3-9,17,21,23-24,28H,10-16H2,1-2H3. The Labute approximate surface area is 185 Å². The Hall–Kier alpha value is -2.33. The molecule has 162 valence electrons. The molecule has 4 bridgehead atoms. The highest BCUT2D eigenvalue weighted by Gasteiger charge is 2.70. The molecule has 3 fully saturated rings. The molecule has 2 saturated carbocycles. The Balaban J connectivity index is 1.45. The summed E-state index contributed by atoms with van der Waals surface area (Å²) < 4.78 is 5.67. The normalized spacial score (nSPS) is 35.1. The van der Waals surface area contributed by atoms with E-state index in [2.05, 4.69) is 28.4 Å². The van der Waals surface area contributed by atoms with Gasteiger partial charge < -0.3 is 15.0 Å². The number of methoxy groups -OCH3 is 1. The molecule has 0 spiro atoms. The molecule has 6 rings (SSSR count). The fourth-order valence-corrected chi connectivity index (χ4v) is 8.22. The number of ether oxygens (including phenoxy) is 1. The van der Waals surface area contributed by atoms with Crippen LogP contribution >= 0.6 is 0 Å². The smallest absolute Gasteiger partial charge is 0.253 e. The molecule has 1 aliphatic heterocycles. The Morgan fingerprint density at radius 1 is 1.10 bits per heavy atom. The van der Waals surface area contributed by atoms with Gasteiger partial charge in [-0.05, 0) is 91.8 Å². The summed E-state index contributed by atoms with van der Waals surface area (Å²) in [6.45, 7) is 1.07. The number of hydrogen-bond acceptors (Lipinski definition) is 3. The molecule has 4 nitrogen and oxygen atoms in total. The van der Waals surface area contributed by atoms with Crippen LogP contribution in [0, 0.1) is 11.3 Å². The van der Waals surface area contributed by atoms with E-state index in [0.29, 0.717) is 23.4 Å². The van der Waals surface area contributed by atoms with Crippen molar-refractivity contribution in [3.8, 4) is 5.75 Å². The monoisotopic (exact) mass is 416 g/mol. The number of benzene rings is 2. The first-order valence-electron chi connectivity index (χ1n) is 11.8. The minimum Gasteiger partial charge on any atom is -0.497 e. The van der Waals surface area contributed by atoms with E-state index in [1.54, 1.807) is 7.11 Å². The van der Waals surface area contributed by atoms with Crippen molar-refractivity contribution in [3.63, 3.8) is 0 Å². The van der Waals surface area contributed by atoms with Crippen LogP contribution in [0.1, 0.15) is 53.6 Å². The van der Waals surface area contributed by atoms with Crippen molar-refractivity contribution >= 4 is 5.91 Å². The second-order valence-corrected chi connectivity index (χ2v) is 10.1. The summed E-state index contributed by atoms with van der Waals surface area (Å²) in [5.41, 5.74) is 4.28. The predicted octanol–water partition coefficient (Wildman–Crippen LogP) is 4.18. The summed E-state index contributed by atoms with van der Waals surface area (Å²) in [4.78, 5) is 15.5. The molecule has 31 heavy (non-hydrogen) atoms. The van der Waals surface area contributed by atoms with Crippen molar-refractivity contribution in [1.82, 2.24) is 10.2 Å². The maximum absolute atomic E-state index is 13.4. The Morgan fingerprint density at radius 2 is 1.90 bits per heavy atom. The van der Waals surface area contributed by atoms with Crippen molar-refractivity contribution in [2.75, 3.05) is 20.7 Å². The molecule has 1 amide bonds. The minimum absolute atomic E-state index is 0.152. The zero-order chi connectivity index (χ0) is 21.2. The lowest BCUT2D eigenvalue weighted by molar-refractivity contribution is -0.0492. The van der Waals surface area contributed by atoms with Crippen LogP contribution in [-0.2, 0) is 11.8 Å². The van der Waals surface area contributed by atoms with Gasteiger partial charge in [0, 0.05) is 30.1 Å². The summed E-state index contributed by atoms with van der Waals surface area (Å²) >= 11 is 0. The molecule has 2 aromatic rings. The number of fused-ring (bicyclic) bond motifs is 1. The van der Waals surface area contributed by atoms with Gasteiger partial charge in [0.05, 0.1) is 7.11 Å². The summed E-state index contributed by atoms with van der Waals surface area (Å²) in [6.07, 6.45) is 7.09. The quantitative estimate of drug-likeness (QED) is 0.816. The number of carbonyl (C=O) groups excluding carboxylic acids is 1. The highest BCUT2D eigenvalue weighted by molar-refractivity contribution is 5.94. The van der Waals surface area contributed by atoms with Crippen LogP contribution in [0.5, 0.6) is 5.75 Å². The van der Waals surface area contributed by atoms with Gasteiger partial charge in [-0.3, -0.25) is 4.79 Å². The first kappa shape index (κ1) is 19.4. The number of nitrogens with zero attached hydrogens (tertiary/aromatic N) is 1. The number of amides is 1. The summed E-state index contributed by atoms with van der Waals surface area (Å²) in [5.74, 6) is 1.64. The molecule has 1 N–H and O–H groups in total. The molecule has 2 aromatic carbocycles. The topological polar surface area (TPSA) is 41.6 Å². The summed E-state index contributed by atoms with van der Waals surface area (Å²) in [5, 5.41) is 3.91. The number of nitrogens with one attached hydrogen (secondary N) is 1. The zero-order valence-electron chi connectivity index (χ0n) is 18.6. The highest BCUT2D eigenvalue weighted by Crippen LogP contribution is 2.71. The second-order valence-electron chi connectivity index (χ2n) is 10.1. The third-order valence-electron chi connectivity index (χ3n) is 9.41. The lowest BCUT2D eigenvalue weighted by Gasteiger charge is -2.64. The fraction of sp³-hybridized carbons (Fsp3) is 0.519. The average molecular weight is 417 g/mol. The van der Waals surface area contributed by atoms with Crippen molar-refractivity contribution < 1.29 is 9.53 Å². The van der Waals surface area contributed by atoms with E-state index >= 15 is 0 Å². The van der Waals surface area contributed by atoms with Gasteiger partial charge in [0.2, 0.25) is 0 Å². The molecule has 5 unspecified atom stereocenters. The molecule has 1 saturated heterocycles. The molecule has 5 atom stereocenters.